The summed E-state index contributed by atoms with van der Waals surface area (Å²) in [5.74, 6) is -1.80. The van der Waals surface area contributed by atoms with Crippen molar-refractivity contribution in [2.24, 2.45) is 15.3 Å². The fourth-order valence-corrected chi connectivity index (χ4v) is 2.94. The maximum atomic E-state index is 12.0. The molecule has 2 N–H and O–H groups in total. The van der Waals surface area contributed by atoms with Crippen molar-refractivity contribution in [1.29, 1.82) is 0 Å². The van der Waals surface area contributed by atoms with Gasteiger partial charge in [-0.3, -0.25) is 5.43 Å². The van der Waals surface area contributed by atoms with E-state index < -0.39 is 26.7 Å². The standard InChI is InChI=1S/C20H16N4O6S.2Na/c25-18-11-10-14(31(28,29)30)12-17(18)22-24-19(13-6-2-1-3-7-13)23-21-16-9-5-4-8-15(16)20(26)27;;/h1-12,22,25H,(H,26,27)(H,28,29,30);;/q;2*+1/p-2/b23-21?,24-19-;;. The van der Waals surface area contributed by atoms with Gasteiger partial charge in [0.2, 0.25) is 5.84 Å². The summed E-state index contributed by atoms with van der Waals surface area (Å²) in [7, 11) is -4.77. The summed E-state index contributed by atoms with van der Waals surface area (Å²) in [6.07, 6.45) is 0. The SMILES string of the molecule is O=C(O)c1ccccc1N=N/C(=N\Nc1cc(S(=O)(=O)[O-])ccc1[O-])c1ccccc1.[Na+].[Na+]. The van der Waals surface area contributed by atoms with Crippen LogP contribution in [0, 0.1) is 0 Å². The number of carbonyl (C=O) groups is 1. The Morgan fingerprint density at radius 2 is 1.58 bits per heavy atom. The van der Waals surface area contributed by atoms with Crippen molar-refractivity contribution in [3.8, 4) is 5.75 Å². The molecule has 0 fully saturated rings. The normalized spacial score (nSPS) is 11.4. The summed E-state index contributed by atoms with van der Waals surface area (Å²) >= 11 is 0. The molecule has 13 heteroatoms. The van der Waals surface area contributed by atoms with Crippen LogP contribution in [-0.2, 0) is 10.1 Å². The molecule has 0 saturated heterocycles. The molecule has 158 valence electrons. The topological polar surface area (TPSA) is 167 Å². The first-order valence-corrected chi connectivity index (χ1v) is 10.1. The first kappa shape index (κ1) is 28.9. The van der Waals surface area contributed by atoms with Crippen LogP contribution in [0.2, 0.25) is 0 Å². The van der Waals surface area contributed by atoms with Crippen LogP contribution in [0.15, 0.2) is 93.0 Å². The average molecular weight is 484 g/mol. The van der Waals surface area contributed by atoms with Crippen molar-refractivity contribution in [2.45, 2.75) is 4.90 Å². The largest absolute Gasteiger partial charge is 1.00 e. The van der Waals surface area contributed by atoms with E-state index in [1.807, 2.05) is 0 Å². The number of hydrazone groups is 1. The van der Waals surface area contributed by atoms with Crippen LogP contribution < -0.4 is 69.6 Å². The maximum absolute atomic E-state index is 12.0. The predicted octanol–water partition coefficient (Wildman–Crippen LogP) is -3.07. The van der Waals surface area contributed by atoms with Gasteiger partial charge < -0.3 is 14.8 Å². The van der Waals surface area contributed by atoms with E-state index in [0.29, 0.717) is 5.56 Å². The van der Waals surface area contributed by atoms with Gasteiger partial charge in [-0.1, -0.05) is 54.3 Å². The molecule has 0 unspecified atom stereocenters. The molecule has 0 saturated carbocycles. The van der Waals surface area contributed by atoms with E-state index in [2.05, 4.69) is 20.8 Å². The van der Waals surface area contributed by atoms with E-state index in [-0.39, 0.29) is 81.9 Å². The zero-order valence-electron chi connectivity index (χ0n) is 17.7. The number of hydrogen-bond donors (Lipinski definition) is 2. The molecule has 3 aromatic carbocycles. The third-order valence-electron chi connectivity index (χ3n) is 3.94. The summed E-state index contributed by atoms with van der Waals surface area (Å²) in [4.78, 5) is 10.7. The van der Waals surface area contributed by atoms with Crippen LogP contribution in [0.5, 0.6) is 5.75 Å². The Bertz CT molecular complexity index is 1280. The predicted molar refractivity (Wildman–Crippen MR) is 108 cm³/mol. The van der Waals surface area contributed by atoms with Gasteiger partial charge in [-0.05, 0) is 24.3 Å². The van der Waals surface area contributed by atoms with Crippen molar-refractivity contribution in [1.82, 2.24) is 0 Å². The number of amidine groups is 1. The van der Waals surface area contributed by atoms with Crippen LogP contribution in [0.1, 0.15) is 15.9 Å². The molecule has 10 nitrogen and oxygen atoms in total. The summed E-state index contributed by atoms with van der Waals surface area (Å²) in [6.45, 7) is 0. The summed E-state index contributed by atoms with van der Waals surface area (Å²) in [5.41, 5.74) is 2.64. The van der Waals surface area contributed by atoms with Gasteiger partial charge in [-0.25, -0.2) is 13.2 Å². The average Bonchev–Trinajstić information content (AvgIpc) is 2.75. The molecule has 0 aliphatic heterocycles. The molecule has 0 amide bonds. The van der Waals surface area contributed by atoms with E-state index in [1.165, 1.54) is 12.1 Å². The second-order valence-corrected chi connectivity index (χ2v) is 7.43. The van der Waals surface area contributed by atoms with Gasteiger partial charge in [-0.2, -0.15) is 5.10 Å². The molecule has 0 radical (unpaired) electrons. The van der Waals surface area contributed by atoms with Gasteiger partial charge in [0.25, 0.3) is 0 Å². The first-order chi connectivity index (χ1) is 14.8. The van der Waals surface area contributed by atoms with Gasteiger partial charge in [-0.15, -0.1) is 10.2 Å². The van der Waals surface area contributed by atoms with Gasteiger partial charge in [0.1, 0.15) is 15.8 Å². The molecule has 33 heavy (non-hydrogen) atoms. The second-order valence-electron chi connectivity index (χ2n) is 6.05. The van der Waals surface area contributed by atoms with Gasteiger partial charge in [0, 0.05) is 11.3 Å². The zero-order valence-corrected chi connectivity index (χ0v) is 22.5. The number of anilines is 1. The van der Waals surface area contributed by atoms with Crippen molar-refractivity contribution >= 4 is 33.3 Å². The van der Waals surface area contributed by atoms with E-state index in [0.717, 1.165) is 18.2 Å². The fraction of sp³-hybridized carbons (Fsp3) is 0. The minimum absolute atomic E-state index is 0. The summed E-state index contributed by atoms with van der Waals surface area (Å²) in [6, 6.07) is 17.1. The molecule has 3 aromatic rings. The Hall–Kier alpha value is -2.09. The number of carboxylic acid groups (broad SMARTS) is 1. The van der Waals surface area contributed by atoms with E-state index in [1.54, 1.807) is 42.5 Å². The van der Waals surface area contributed by atoms with Crippen LogP contribution in [0.4, 0.5) is 11.4 Å². The van der Waals surface area contributed by atoms with Crippen molar-refractivity contribution in [3.63, 3.8) is 0 Å². The number of rotatable bonds is 6. The van der Waals surface area contributed by atoms with Gasteiger partial charge in [0.15, 0.2) is 0 Å². The summed E-state index contributed by atoms with van der Waals surface area (Å²) < 4.78 is 33.6. The molecule has 0 aromatic heterocycles. The fourth-order valence-electron chi connectivity index (χ4n) is 2.44. The summed E-state index contributed by atoms with van der Waals surface area (Å²) in [5, 5.41) is 33.2. The third kappa shape index (κ3) is 8.02. The van der Waals surface area contributed by atoms with Crippen LogP contribution in [0.25, 0.3) is 0 Å². The van der Waals surface area contributed by atoms with Crippen LogP contribution in [0.3, 0.4) is 0 Å². The van der Waals surface area contributed by atoms with E-state index >= 15 is 0 Å². The Morgan fingerprint density at radius 1 is 0.939 bits per heavy atom. The monoisotopic (exact) mass is 484 g/mol. The second kappa shape index (κ2) is 13.0. The molecular weight excluding hydrogens is 470 g/mol. The Labute approximate surface area is 233 Å². The number of benzene rings is 3. The quantitative estimate of drug-likeness (QED) is 0.0935. The number of aromatic carboxylic acids is 1. The zero-order chi connectivity index (χ0) is 22.4. The smallest absolute Gasteiger partial charge is 0.871 e. The molecule has 0 spiro atoms. The minimum atomic E-state index is -4.77. The molecular formula is C20H14N4Na2O6S. The van der Waals surface area contributed by atoms with Crippen molar-refractivity contribution in [2.75, 3.05) is 5.43 Å². The molecule has 0 atom stereocenters. The number of hydrogen-bond acceptors (Lipinski definition) is 8. The molecule has 3 rings (SSSR count). The van der Waals surface area contributed by atoms with E-state index in [4.69, 9.17) is 0 Å². The Balaban J connectivity index is 0.00000272. The number of azo groups is 1. The molecule has 0 aliphatic carbocycles. The number of nitrogens with one attached hydrogen (secondary N) is 1. The van der Waals surface area contributed by atoms with Gasteiger partial charge >= 0.3 is 65.1 Å². The molecule has 0 bridgehead atoms. The number of carboxylic acids is 1. The van der Waals surface area contributed by atoms with Gasteiger partial charge in [0.05, 0.1) is 10.5 Å². The van der Waals surface area contributed by atoms with Crippen LogP contribution >= 0.6 is 0 Å². The van der Waals surface area contributed by atoms with Crippen LogP contribution in [-0.4, -0.2) is 29.9 Å². The third-order valence-corrected chi connectivity index (χ3v) is 4.77. The minimum Gasteiger partial charge on any atom is -0.871 e. The number of nitrogens with zero attached hydrogens (tertiary/aromatic N) is 3. The Kier molecular flexibility index (Phi) is 11.4. The van der Waals surface area contributed by atoms with Crippen molar-refractivity contribution in [3.05, 3.63) is 83.9 Å². The first-order valence-electron chi connectivity index (χ1n) is 8.66. The Morgan fingerprint density at radius 3 is 2.21 bits per heavy atom. The van der Waals surface area contributed by atoms with Crippen molar-refractivity contribution < 1.29 is 87.1 Å². The van der Waals surface area contributed by atoms with E-state index in [9.17, 15) is 28.0 Å². The maximum Gasteiger partial charge on any atom is 1.00 e. The molecule has 0 heterocycles. The molecule has 0 aliphatic rings.